The number of hydrogen-bond acceptors (Lipinski definition) is 3. The SMILES string of the molecule is CC(CN)CN1CCNC(=O)C1C(C)C. The average molecular weight is 213 g/mol. The molecule has 0 aliphatic carbocycles. The number of piperazine rings is 1. The molecule has 0 aromatic carbocycles. The fourth-order valence-corrected chi connectivity index (χ4v) is 2.14. The number of hydrogen-bond donors (Lipinski definition) is 2. The van der Waals surface area contributed by atoms with Gasteiger partial charge in [-0.1, -0.05) is 20.8 Å². The Hall–Kier alpha value is -0.610. The van der Waals surface area contributed by atoms with Gasteiger partial charge in [-0.25, -0.2) is 0 Å². The van der Waals surface area contributed by atoms with E-state index >= 15 is 0 Å². The minimum absolute atomic E-state index is 0.0211. The van der Waals surface area contributed by atoms with Gasteiger partial charge in [0.15, 0.2) is 0 Å². The molecule has 1 aliphatic heterocycles. The lowest BCUT2D eigenvalue weighted by molar-refractivity contribution is -0.131. The highest BCUT2D eigenvalue weighted by Crippen LogP contribution is 2.15. The zero-order valence-corrected chi connectivity index (χ0v) is 9.99. The molecule has 88 valence electrons. The molecule has 4 heteroatoms. The van der Waals surface area contributed by atoms with Crippen molar-refractivity contribution in [1.82, 2.24) is 10.2 Å². The second kappa shape index (κ2) is 5.47. The minimum Gasteiger partial charge on any atom is -0.353 e. The molecule has 4 nitrogen and oxygen atoms in total. The van der Waals surface area contributed by atoms with Crippen LogP contribution in [-0.2, 0) is 4.79 Å². The van der Waals surface area contributed by atoms with Crippen LogP contribution in [0.15, 0.2) is 0 Å². The molecule has 2 unspecified atom stereocenters. The summed E-state index contributed by atoms with van der Waals surface area (Å²) in [6, 6.07) is 0.0211. The van der Waals surface area contributed by atoms with Gasteiger partial charge in [0.2, 0.25) is 5.91 Å². The summed E-state index contributed by atoms with van der Waals surface area (Å²) in [5.41, 5.74) is 5.62. The first kappa shape index (κ1) is 12.5. The second-order valence-corrected chi connectivity index (χ2v) is 4.82. The van der Waals surface area contributed by atoms with Gasteiger partial charge in [0.25, 0.3) is 0 Å². The summed E-state index contributed by atoms with van der Waals surface area (Å²) in [7, 11) is 0. The quantitative estimate of drug-likeness (QED) is 0.693. The van der Waals surface area contributed by atoms with Crippen LogP contribution in [0.4, 0.5) is 0 Å². The molecule has 2 atom stereocenters. The van der Waals surface area contributed by atoms with Crippen molar-refractivity contribution in [1.29, 1.82) is 0 Å². The molecule has 0 radical (unpaired) electrons. The van der Waals surface area contributed by atoms with Crippen LogP contribution < -0.4 is 11.1 Å². The third-order valence-corrected chi connectivity index (χ3v) is 2.94. The molecule has 1 heterocycles. The van der Waals surface area contributed by atoms with E-state index in [2.05, 4.69) is 31.0 Å². The largest absolute Gasteiger partial charge is 0.353 e. The maximum Gasteiger partial charge on any atom is 0.237 e. The minimum atomic E-state index is 0.0211. The smallest absolute Gasteiger partial charge is 0.237 e. The predicted octanol–water partition coefficient (Wildman–Crippen LogP) is 0.0376. The summed E-state index contributed by atoms with van der Waals surface area (Å²) >= 11 is 0. The van der Waals surface area contributed by atoms with Crippen molar-refractivity contribution < 1.29 is 4.79 Å². The molecule has 0 aromatic heterocycles. The third kappa shape index (κ3) is 3.18. The van der Waals surface area contributed by atoms with Crippen LogP contribution in [0, 0.1) is 11.8 Å². The Labute approximate surface area is 92.2 Å². The number of nitrogens with two attached hydrogens (primary N) is 1. The van der Waals surface area contributed by atoms with Crippen molar-refractivity contribution in [3.8, 4) is 0 Å². The molecule has 1 amide bonds. The van der Waals surface area contributed by atoms with Gasteiger partial charge in [-0.15, -0.1) is 0 Å². The number of carbonyl (C=O) groups is 1. The van der Waals surface area contributed by atoms with Crippen molar-refractivity contribution in [2.24, 2.45) is 17.6 Å². The maximum absolute atomic E-state index is 11.7. The summed E-state index contributed by atoms with van der Waals surface area (Å²) in [6.07, 6.45) is 0. The van der Waals surface area contributed by atoms with E-state index in [1.165, 1.54) is 0 Å². The Bertz CT molecular complexity index is 218. The fourth-order valence-electron chi connectivity index (χ4n) is 2.14. The van der Waals surface area contributed by atoms with Gasteiger partial charge >= 0.3 is 0 Å². The Balaban J connectivity index is 2.62. The summed E-state index contributed by atoms with van der Waals surface area (Å²) < 4.78 is 0. The molecule has 1 saturated heterocycles. The van der Waals surface area contributed by atoms with Crippen molar-refractivity contribution in [3.63, 3.8) is 0 Å². The Morgan fingerprint density at radius 2 is 2.20 bits per heavy atom. The Morgan fingerprint density at radius 1 is 1.53 bits per heavy atom. The van der Waals surface area contributed by atoms with Crippen LogP contribution in [0.5, 0.6) is 0 Å². The molecule has 1 aliphatic rings. The lowest BCUT2D eigenvalue weighted by atomic mass is 9.98. The highest BCUT2D eigenvalue weighted by atomic mass is 16.2. The fraction of sp³-hybridized carbons (Fsp3) is 0.909. The predicted molar refractivity (Wildman–Crippen MR) is 61.4 cm³/mol. The molecular formula is C11H23N3O. The van der Waals surface area contributed by atoms with Crippen LogP contribution in [0.1, 0.15) is 20.8 Å². The van der Waals surface area contributed by atoms with Gasteiger partial charge in [0, 0.05) is 19.6 Å². The first-order valence-corrected chi connectivity index (χ1v) is 5.78. The number of amides is 1. The third-order valence-electron chi connectivity index (χ3n) is 2.94. The lowest BCUT2D eigenvalue weighted by Crippen LogP contribution is -2.58. The first-order chi connectivity index (χ1) is 7.06. The van der Waals surface area contributed by atoms with Gasteiger partial charge in [-0.2, -0.15) is 0 Å². The zero-order chi connectivity index (χ0) is 11.4. The highest BCUT2D eigenvalue weighted by Gasteiger charge is 2.32. The monoisotopic (exact) mass is 213 g/mol. The maximum atomic E-state index is 11.7. The van der Waals surface area contributed by atoms with Crippen LogP contribution in [0.25, 0.3) is 0 Å². The molecule has 15 heavy (non-hydrogen) atoms. The van der Waals surface area contributed by atoms with Crippen molar-refractivity contribution >= 4 is 5.91 Å². The number of carbonyl (C=O) groups excluding carboxylic acids is 1. The summed E-state index contributed by atoms with van der Waals surface area (Å²) in [6.45, 7) is 9.63. The molecule has 0 bridgehead atoms. The van der Waals surface area contributed by atoms with E-state index in [1.807, 2.05) is 0 Å². The molecule has 0 spiro atoms. The van der Waals surface area contributed by atoms with Gasteiger partial charge < -0.3 is 11.1 Å². The van der Waals surface area contributed by atoms with E-state index in [1.54, 1.807) is 0 Å². The molecule has 0 aromatic rings. The zero-order valence-electron chi connectivity index (χ0n) is 9.99. The van der Waals surface area contributed by atoms with Crippen LogP contribution in [0.3, 0.4) is 0 Å². The van der Waals surface area contributed by atoms with E-state index in [-0.39, 0.29) is 11.9 Å². The average Bonchev–Trinajstić information content (AvgIpc) is 2.17. The lowest BCUT2D eigenvalue weighted by Gasteiger charge is -2.38. The van der Waals surface area contributed by atoms with Gasteiger partial charge in [-0.05, 0) is 18.4 Å². The Morgan fingerprint density at radius 3 is 2.73 bits per heavy atom. The first-order valence-electron chi connectivity index (χ1n) is 5.78. The molecular weight excluding hydrogens is 190 g/mol. The van der Waals surface area contributed by atoms with E-state index in [9.17, 15) is 4.79 Å². The van der Waals surface area contributed by atoms with E-state index < -0.39 is 0 Å². The van der Waals surface area contributed by atoms with Gasteiger partial charge in [-0.3, -0.25) is 9.69 Å². The summed E-state index contributed by atoms with van der Waals surface area (Å²) in [4.78, 5) is 14.0. The van der Waals surface area contributed by atoms with E-state index in [4.69, 9.17) is 5.73 Å². The molecule has 1 rings (SSSR count). The standard InChI is InChI=1S/C11H23N3O/c1-8(2)10-11(15)13-4-5-14(10)7-9(3)6-12/h8-10H,4-7,12H2,1-3H3,(H,13,15). The van der Waals surface area contributed by atoms with Crippen molar-refractivity contribution in [2.45, 2.75) is 26.8 Å². The molecule has 0 saturated carbocycles. The topological polar surface area (TPSA) is 58.4 Å². The molecule has 3 N–H and O–H groups in total. The van der Waals surface area contributed by atoms with E-state index in [0.717, 1.165) is 19.6 Å². The highest BCUT2D eigenvalue weighted by molar-refractivity contribution is 5.82. The van der Waals surface area contributed by atoms with Crippen molar-refractivity contribution in [3.05, 3.63) is 0 Å². The van der Waals surface area contributed by atoms with E-state index in [0.29, 0.717) is 18.4 Å². The van der Waals surface area contributed by atoms with Crippen molar-refractivity contribution in [2.75, 3.05) is 26.2 Å². The number of rotatable bonds is 4. The molecule has 1 fully saturated rings. The second-order valence-electron chi connectivity index (χ2n) is 4.82. The van der Waals surface area contributed by atoms with Crippen LogP contribution in [0.2, 0.25) is 0 Å². The number of nitrogens with one attached hydrogen (secondary N) is 1. The van der Waals surface area contributed by atoms with Crippen LogP contribution >= 0.6 is 0 Å². The van der Waals surface area contributed by atoms with Gasteiger partial charge in [0.05, 0.1) is 6.04 Å². The summed E-state index contributed by atoms with van der Waals surface area (Å²) in [5.74, 6) is 0.980. The normalized spacial score (nSPS) is 25.4. The number of nitrogens with zero attached hydrogens (tertiary/aromatic N) is 1. The van der Waals surface area contributed by atoms with Crippen LogP contribution in [-0.4, -0.2) is 43.0 Å². The van der Waals surface area contributed by atoms with Gasteiger partial charge in [0.1, 0.15) is 0 Å². The Kier molecular flexibility index (Phi) is 4.54. The summed E-state index contributed by atoms with van der Waals surface area (Å²) in [5, 5.41) is 2.92.